The number of benzene rings is 8. The molecule has 3 heteroatoms. The lowest BCUT2D eigenvalue weighted by molar-refractivity contribution is 0.670. The van der Waals surface area contributed by atoms with E-state index >= 15 is 0 Å². The van der Waals surface area contributed by atoms with Gasteiger partial charge in [0.05, 0.1) is 22.1 Å². The predicted octanol–water partition coefficient (Wildman–Crippen LogP) is 14.1. The number of furan rings is 1. The summed E-state index contributed by atoms with van der Waals surface area (Å²) < 4.78 is 9.17. The van der Waals surface area contributed by atoms with Crippen LogP contribution in [0.15, 0.2) is 186 Å². The molecule has 0 amide bonds. The van der Waals surface area contributed by atoms with Crippen molar-refractivity contribution in [1.82, 2.24) is 4.57 Å². The van der Waals surface area contributed by atoms with Gasteiger partial charge < -0.3 is 13.9 Å². The first-order valence-electron chi connectivity index (χ1n) is 18.2. The largest absolute Gasteiger partial charge is 0.455 e. The fraction of sp³-hybridized carbons (Fsp3) is 0.0400. The van der Waals surface area contributed by atoms with Gasteiger partial charge in [0.1, 0.15) is 11.2 Å². The quantitative estimate of drug-likeness (QED) is 0.174. The molecule has 0 saturated carbocycles. The first-order chi connectivity index (χ1) is 26.1. The zero-order chi connectivity index (χ0) is 35.5. The molecule has 3 nitrogen and oxygen atoms in total. The number of anilines is 3. The third-order valence-corrected chi connectivity index (χ3v) is 10.6. The van der Waals surface area contributed by atoms with Crippen molar-refractivity contribution in [3.8, 4) is 27.9 Å². The van der Waals surface area contributed by atoms with Crippen LogP contribution in [0, 0.1) is 13.8 Å². The van der Waals surface area contributed by atoms with E-state index in [1.165, 1.54) is 44.1 Å². The summed E-state index contributed by atoms with van der Waals surface area (Å²) in [6, 6.07) is 65.1. The summed E-state index contributed by atoms with van der Waals surface area (Å²) >= 11 is 0. The van der Waals surface area contributed by atoms with Crippen LogP contribution in [0.3, 0.4) is 0 Å². The third kappa shape index (κ3) is 5.04. The van der Waals surface area contributed by atoms with E-state index in [4.69, 9.17) is 4.42 Å². The molecule has 252 valence electrons. The van der Waals surface area contributed by atoms with Gasteiger partial charge in [-0.2, -0.15) is 0 Å². The first-order valence-corrected chi connectivity index (χ1v) is 18.2. The highest BCUT2D eigenvalue weighted by Gasteiger charge is 2.23. The Morgan fingerprint density at radius 3 is 1.70 bits per heavy atom. The number of rotatable bonds is 6. The summed E-state index contributed by atoms with van der Waals surface area (Å²) in [6.07, 6.45) is 0. The summed E-state index contributed by atoms with van der Waals surface area (Å²) in [5.41, 5.74) is 15.7. The average Bonchev–Trinajstić information content (AvgIpc) is 3.76. The molecule has 10 aromatic rings. The Bertz CT molecular complexity index is 2880. The fourth-order valence-electron chi connectivity index (χ4n) is 8.35. The molecule has 2 heterocycles. The molecule has 10 rings (SSSR count). The third-order valence-electron chi connectivity index (χ3n) is 10.6. The molecule has 0 aliphatic carbocycles. The van der Waals surface area contributed by atoms with Gasteiger partial charge in [0, 0.05) is 38.8 Å². The molecule has 8 aromatic carbocycles. The second kappa shape index (κ2) is 12.4. The van der Waals surface area contributed by atoms with Gasteiger partial charge in [-0.1, -0.05) is 115 Å². The lowest BCUT2D eigenvalue weighted by Crippen LogP contribution is -2.11. The highest BCUT2D eigenvalue weighted by Crippen LogP contribution is 2.47. The number of hydrogen-bond donors (Lipinski definition) is 0. The predicted molar refractivity (Wildman–Crippen MR) is 223 cm³/mol. The molecule has 0 unspecified atom stereocenters. The van der Waals surface area contributed by atoms with Crippen LogP contribution in [0.5, 0.6) is 0 Å². The Labute approximate surface area is 308 Å². The summed E-state index contributed by atoms with van der Waals surface area (Å²) in [7, 11) is 0. The molecule has 0 saturated heterocycles. The molecule has 0 aliphatic rings. The van der Waals surface area contributed by atoms with E-state index in [2.05, 4.69) is 205 Å². The number of hydrogen-bond acceptors (Lipinski definition) is 2. The second-order valence-corrected chi connectivity index (χ2v) is 13.8. The normalized spacial score (nSPS) is 11.6. The monoisotopic (exact) mass is 680 g/mol. The van der Waals surface area contributed by atoms with Crippen molar-refractivity contribution in [3.63, 3.8) is 0 Å². The van der Waals surface area contributed by atoms with Gasteiger partial charge in [0.2, 0.25) is 0 Å². The maximum Gasteiger partial charge on any atom is 0.145 e. The molecule has 0 N–H and O–H groups in total. The summed E-state index contributed by atoms with van der Waals surface area (Å²) in [5, 5.41) is 4.71. The Hall–Kier alpha value is -6.84. The summed E-state index contributed by atoms with van der Waals surface area (Å²) in [4.78, 5) is 2.38. The van der Waals surface area contributed by atoms with Crippen LogP contribution in [0.1, 0.15) is 11.1 Å². The topological polar surface area (TPSA) is 21.3 Å². The molecule has 53 heavy (non-hydrogen) atoms. The van der Waals surface area contributed by atoms with E-state index in [1.807, 2.05) is 0 Å². The van der Waals surface area contributed by atoms with E-state index < -0.39 is 0 Å². The maximum absolute atomic E-state index is 6.81. The summed E-state index contributed by atoms with van der Waals surface area (Å²) in [6.45, 7) is 4.44. The van der Waals surface area contributed by atoms with E-state index in [-0.39, 0.29) is 0 Å². The smallest absolute Gasteiger partial charge is 0.145 e. The van der Waals surface area contributed by atoms with Crippen molar-refractivity contribution >= 4 is 60.8 Å². The molecular weight excluding hydrogens is 645 g/mol. The Morgan fingerprint density at radius 1 is 0.472 bits per heavy atom. The van der Waals surface area contributed by atoms with Crippen molar-refractivity contribution < 1.29 is 4.42 Å². The van der Waals surface area contributed by atoms with Gasteiger partial charge in [-0.25, -0.2) is 0 Å². The van der Waals surface area contributed by atoms with Crippen molar-refractivity contribution in [2.45, 2.75) is 13.8 Å². The van der Waals surface area contributed by atoms with Gasteiger partial charge in [0.25, 0.3) is 0 Å². The van der Waals surface area contributed by atoms with E-state index in [1.54, 1.807) is 0 Å². The van der Waals surface area contributed by atoms with Gasteiger partial charge in [-0.3, -0.25) is 0 Å². The Balaban J connectivity index is 1.15. The van der Waals surface area contributed by atoms with Crippen molar-refractivity contribution in [1.29, 1.82) is 0 Å². The van der Waals surface area contributed by atoms with Crippen LogP contribution in [0.25, 0.3) is 71.7 Å². The minimum atomic E-state index is 0.873. The molecule has 2 aromatic heterocycles. The Kier molecular flexibility index (Phi) is 7.26. The number of para-hydroxylation sites is 4. The van der Waals surface area contributed by atoms with E-state index in [0.717, 1.165) is 55.8 Å². The van der Waals surface area contributed by atoms with Crippen LogP contribution in [-0.2, 0) is 0 Å². The highest BCUT2D eigenvalue weighted by atomic mass is 16.3. The van der Waals surface area contributed by atoms with Crippen LogP contribution >= 0.6 is 0 Å². The van der Waals surface area contributed by atoms with Gasteiger partial charge in [-0.15, -0.1) is 0 Å². The van der Waals surface area contributed by atoms with Crippen LogP contribution in [-0.4, -0.2) is 4.57 Å². The molecule has 0 atom stereocenters. The molecule has 0 aliphatic heterocycles. The molecule has 0 spiro atoms. The number of aromatic nitrogens is 1. The minimum absolute atomic E-state index is 0.873. The van der Waals surface area contributed by atoms with E-state index in [0.29, 0.717) is 0 Å². The van der Waals surface area contributed by atoms with Crippen molar-refractivity contribution in [2.75, 3.05) is 4.90 Å². The van der Waals surface area contributed by atoms with Gasteiger partial charge >= 0.3 is 0 Å². The molecular formula is C50H36N2O. The fourth-order valence-corrected chi connectivity index (χ4v) is 8.35. The van der Waals surface area contributed by atoms with E-state index in [9.17, 15) is 0 Å². The SMILES string of the molecule is Cc1cc(N(c2ccccc2)c2ccc(-c3ccc(-n4c5ccccc5c5ccccc54)cc3)c3oc4ccccc4c23)cc(C)c1-c1ccccc1. The zero-order valence-corrected chi connectivity index (χ0v) is 29.6. The van der Waals surface area contributed by atoms with Crippen molar-refractivity contribution in [2.24, 2.45) is 0 Å². The molecule has 0 radical (unpaired) electrons. The minimum Gasteiger partial charge on any atom is -0.455 e. The highest BCUT2D eigenvalue weighted by molar-refractivity contribution is 6.17. The zero-order valence-electron chi connectivity index (χ0n) is 29.6. The first kappa shape index (κ1) is 30.9. The maximum atomic E-state index is 6.81. The second-order valence-electron chi connectivity index (χ2n) is 13.8. The number of nitrogens with zero attached hydrogens (tertiary/aromatic N) is 2. The summed E-state index contributed by atoms with van der Waals surface area (Å²) in [5.74, 6) is 0. The Morgan fingerprint density at radius 2 is 1.04 bits per heavy atom. The standard InChI is InChI=1S/C50H36N2O/c1-33-31-39(32-34(2)48(33)36-15-5-3-6-16-36)51(37-17-7-4-8-18-37)46-30-29-40(50-49(46)43-21-11-14-24-47(43)53-50)35-25-27-38(28-26-35)52-44-22-12-9-19-41(44)42-20-10-13-23-45(42)52/h3-32H,1-2H3. The number of aryl methyl sites for hydroxylation is 2. The van der Waals surface area contributed by atoms with Gasteiger partial charge in [-0.05, 0) is 108 Å². The van der Waals surface area contributed by atoms with Crippen LogP contribution < -0.4 is 4.90 Å². The van der Waals surface area contributed by atoms with Crippen LogP contribution in [0.4, 0.5) is 17.1 Å². The number of fused-ring (bicyclic) bond motifs is 6. The average molecular weight is 681 g/mol. The van der Waals surface area contributed by atoms with Crippen molar-refractivity contribution in [3.05, 3.63) is 193 Å². The molecule has 0 bridgehead atoms. The lowest BCUT2D eigenvalue weighted by atomic mass is 9.94. The molecule has 0 fully saturated rings. The lowest BCUT2D eigenvalue weighted by Gasteiger charge is -2.28. The van der Waals surface area contributed by atoms with Crippen LogP contribution in [0.2, 0.25) is 0 Å². The van der Waals surface area contributed by atoms with Gasteiger partial charge in [0.15, 0.2) is 0 Å².